The van der Waals surface area contributed by atoms with E-state index >= 15 is 0 Å². The fourth-order valence-electron chi connectivity index (χ4n) is 1.52. The molecule has 19 heavy (non-hydrogen) atoms. The number of rotatable bonds is 7. The minimum absolute atomic E-state index is 0.0948. The van der Waals surface area contributed by atoms with Crippen LogP contribution in [0, 0.1) is 5.92 Å². The molecule has 0 aliphatic heterocycles. The summed E-state index contributed by atoms with van der Waals surface area (Å²) in [6, 6.07) is -3.24. The highest BCUT2D eigenvalue weighted by Crippen LogP contribution is 2.06. The van der Waals surface area contributed by atoms with Crippen LogP contribution in [0.5, 0.6) is 0 Å². The third-order valence-electron chi connectivity index (χ3n) is 2.39. The Bertz CT molecular complexity index is 343. The lowest BCUT2D eigenvalue weighted by Gasteiger charge is -2.23. The van der Waals surface area contributed by atoms with Crippen molar-refractivity contribution in [2.24, 2.45) is 11.7 Å². The van der Waals surface area contributed by atoms with Gasteiger partial charge in [0.1, 0.15) is 6.04 Å². The smallest absolute Gasteiger partial charge is 0.328 e. The van der Waals surface area contributed by atoms with E-state index in [1.165, 1.54) is 6.92 Å². The van der Waals surface area contributed by atoms with E-state index < -0.39 is 36.1 Å². The lowest BCUT2D eigenvalue weighted by molar-refractivity contribution is -0.145. The molecule has 8 heteroatoms. The molecule has 0 saturated carbocycles. The van der Waals surface area contributed by atoms with Crippen molar-refractivity contribution in [1.29, 1.82) is 0 Å². The van der Waals surface area contributed by atoms with Gasteiger partial charge in [0.15, 0.2) is 6.04 Å². The standard InChI is InChI=1S/C11H21N3O5/c1-5(2)4-7(13-11(12)19)9(16)14-8(6(3)15)10(17)18/h5-8,15H,4H2,1-3H3,(H,14,16)(H,17,18)(H3,12,13,19)/t6-,7?,8+/m1/s1. The quantitative estimate of drug-likeness (QED) is 0.406. The van der Waals surface area contributed by atoms with Crippen LogP contribution in [-0.2, 0) is 9.59 Å². The highest BCUT2D eigenvalue weighted by Gasteiger charge is 2.29. The Balaban J connectivity index is 4.78. The number of aliphatic hydroxyl groups excluding tert-OH is 1. The molecule has 1 unspecified atom stereocenters. The Hall–Kier alpha value is -1.83. The van der Waals surface area contributed by atoms with E-state index in [9.17, 15) is 19.5 Å². The van der Waals surface area contributed by atoms with E-state index in [1.807, 2.05) is 13.8 Å². The van der Waals surface area contributed by atoms with Gasteiger partial charge in [0.25, 0.3) is 0 Å². The van der Waals surface area contributed by atoms with Gasteiger partial charge in [0.2, 0.25) is 5.91 Å². The van der Waals surface area contributed by atoms with Crippen molar-refractivity contribution >= 4 is 17.9 Å². The van der Waals surface area contributed by atoms with Gasteiger partial charge in [-0.1, -0.05) is 13.8 Å². The summed E-state index contributed by atoms with van der Waals surface area (Å²) in [5.41, 5.74) is 4.96. The summed E-state index contributed by atoms with van der Waals surface area (Å²) < 4.78 is 0. The summed E-state index contributed by atoms with van der Waals surface area (Å²) in [6.07, 6.45) is -0.948. The normalized spacial score (nSPS) is 15.4. The van der Waals surface area contributed by atoms with Gasteiger partial charge in [-0.25, -0.2) is 9.59 Å². The van der Waals surface area contributed by atoms with Gasteiger partial charge in [-0.2, -0.15) is 0 Å². The predicted molar refractivity (Wildman–Crippen MR) is 67.2 cm³/mol. The number of urea groups is 1. The van der Waals surface area contributed by atoms with Gasteiger partial charge >= 0.3 is 12.0 Å². The largest absolute Gasteiger partial charge is 0.480 e. The Morgan fingerprint density at radius 3 is 2.00 bits per heavy atom. The Kier molecular flexibility index (Phi) is 6.84. The molecule has 3 amide bonds. The number of primary amides is 1. The van der Waals surface area contributed by atoms with E-state index in [0.29, 0.717) is 6.42 Å². The van der Waals surface area contributed by atoms with E-state index in [-0.39, 0.29) is 5.92 Å². The molecule has 0 saturated heterocycles. The van der Waals surface area contributed by atoms with Crippen molar-refractivity contribution in [2.75, 3.05) is 0 Å². The Morgan fingerprint density at radius 1 is 1.16 bits per heavy atom. The highest BCUT2D eigenvalue weighted by atomic mass is 16.4. The van der Waals surface area contributed by atoms with Gasteiger partial charge in [0.05, 0.1) is 6.10 Å². The number of hydrogen-bond donors (Lipinski definition) is 5. The molecule has 0 aromatic heterocycles. The van der Waals surface area contributed by atoms with Crippen molar-refractivity contribution in [3.8, 4) is 0 Å². The molecule has 0 bridgehead atoms. The molecular formula is C11H21N3O5. The molecule has 0 aliphatic rings. The molecule has 0 aliphatic carbocycles. The molecule has 110 valence electrons. The summed E-state index contributed by atoms with van der Waals surface area (Å²) in [7, 11) is 0. The number of nitrogens with two attached hydrogens (primary N) is 1. The lowest BCUT2D eigenvalue weighted by atomic mass is 10.0. The van der Waals surface area contributed by atoms with E-state index in [0.717, 1.165) is 0 Å². The van der Waals surface area contributed by atoms with Gasteiger partial charge in [-0.3, -0.25) is 4.79 Å². The average Bonchev–Trinajstić information content (AvgIpc) is 2.22. The minimum Gasteiger partial charge on any atom is -0.480 e. The zero-order valence-corrected chi connectivity index (χ0v) is 11.2. The summed E-state index contributed by atoms with van der Waals surface area (Å²) in [6.45, 7) is 4.93. The minimum atomic E-state index is -1.43. The van der Waals surface area contributed by atoms with Crippen molar-refractivity contribution in [1.82, 2.24) is 10.6 Å². The lowest BCUT2D eigenvalue weighted by Crippen LogP contribution is -2.55. The molecule has 0 aromatic rings. The summed E-state index contributed by atoms with van der Waals surface area (Å²) in [5.74, 6) is -1.95. The molecular weight excluding hydrogens is 254 g/mol. The maximum atomic E-state index is 11.9. The van der Waals surface area contributed by atoms with E-state index in [1.54, 1.807) is 0 Å². The molecule has 0 rings (SSSR count). The first kappa shape index (κ1) is 17.2. The van der Waals surface area contributed by atoms with Crippen LogP contribution in [0.4, 0.5) is 4.79 Å². The maximum Gasteiger partial charge on any atom is 0.328 e. The highest BCUT2D eigenvalue weighted by molar-refractivity contribution is 5.89. The molecule has 6 N–H and O–H groups in total. The number of aliphatic hydroxyl groups is 1. The average molecular weight is 275 g/mol. The third-order valence-corrected chi connectivity index (χ3v) is 2.39. The summed E-state index contributed by atoms with van der Waals surface area (Å²) in [5, 5.41) is 22.5. The van der Waals surface area contributed by atoms with Crippen LogP contribution in [-0.4, -0.2) is 46.3 Å². The monoisotopic (exact) mass is 275 g/mol. The molecule has 0 spiro atoms. The maximum absolute atomic E-state index is 11.9. The van der Waals surface area contributed by atoms with Gasteiger partial charge in [-0.05, 0) is 19.3 Å². The Labute approximate surface area is 111 Å². The second kappa shape index (κ2) is 7.57. The van der Waals surface area contributed by atoms with Gasteiger partial charge in [0, 0.05) is 0 Å². The fourth-order valence-corrected chi connectivity index (χ4v) is 1.52. The molecule has 0 aromatic carbocycles. The van der Waals surface area contributed by atoms with Crippen LogP contribution in [0.15, 0.2) is 0 Å². The number of nitrogens with one attached hydrogen (secondary N) is 2. The van der Waals surface area contributed by atoms with Crippen molar-refractivity contribution < 1.29 is 24.6 Å². The summed E-state index contributed by atoms with van der Waals surface area (Å²) in [4.78, 5) is 33.5. The zero-order chi connectivity index (χ0) is 15.2. The first-order chi connectivity index (χ1) is 8.65. The number of carboxylic acid groups (broad SMARTS) is 1. The summed E-state index contributed by atoms with van der Waals surface area (Å²) >= 11 is 0. The van der Waals surface area contributed by atoms with Crippen LogP contribution >= 0.6 is 0 Å². The third kappa shape index (κ3) is 6.61. The molecule has 0 heterocycles. The topological polar surface area (TPSA) is 142 Å². The number of amides is 3. The molecule has 0 fully saturated rings. The van der Waals surface area contributed by atoms with Crippen LogP contribution in [0.3, 0.4) is 0 Å². The van der Waals surface area contributed by atoms with Gasteiger partial charge < -0.3 is 26.6 Å². The fraction of sp³-hybridized carbons (Fsp3) is 0.727. The van der Waals surface area contributed by atoms with Crippen LogP contribution in [0.1, 0.15) is 27.2 Å². The molecule has 8 nitrogen and oxygen atoms in total. The number of hydrogen-bond acceptors (Lipinski definition) is 4. The first-order valence-electron chi connectivity index (χ1n) is 5.92. The first-order valence-corrected chi connectivity index (χ1v) is 5.92. The number of carbonyl (C=O) groups is 3. The van der Waals surface area contributed by atoms with E-state index in [4.69, 9.17) is 10.8 Å². The van der Waals surface area contributed by atoms with Crippen molar-refractivity contribution in [3.63, 3.8) is 0 Å². The van der Waals surface area contributed by atoms with Crippen LogP contribution in [0.2, 0.25) is 0 Å². The second-order valence-electron chi connectivity index (χ2n) is 4.76. The SMILES string of the molecule is CC(C)CC(NC(N)=O)C(=O)N[C@H](C(=O)O)[C@@H](C)O. The molecule has 0 radical (unpaired) electrons. The number of carboxylic acids is 1. The second-order valence-corrected chi connectivity index (χ2v) is 4.76. The van der Waals surface area contributed by atoms with Crippen LogP contribution < -0.4 is 16.4 Å². The van der Waals surface area contributed by atoms with Gasteiger partial charge in [-0.15, -0.1) is 0 Å². The molecule has 3 atom stereocenters. The van der Waals surface area contributed by atoms with Crippen molar-refractivity contribution in [3.05, 3.63) is 0 Å². The Morgan fingerprint density at radius 2 is 1.68 bits per heavy atom. The van der Waals surface area contributed by atoms with Crippen LogP contribution in [0.25, 0.3) is 0 Å². The number of aliphatic carboxylic acids is 1. The predicted octanol–water partition coefficient (Wildman–Crippen LogP) is -0.980. The van der Waals surface area contributed by atoms with Crippen molar-refractivity contribution in [2.45, 2.75) is 45.4 Å². The van der Waals surface area contributed by atoms with E-state index in [2.05, 4.69) is 10.6 Å². The zero-order valence-electron chi connectivity index (χ0n) is 11.2. The number of carbonyl (C=O) groups excluding carboxylic acids is 2.